The normalized spacial score (nSPS) is 15.0. The van der Waals surface area contributed by atoms with Crippen molar-refractivity contribution in [3.05, 3.63) is 6.92 Å². The summed E-state index contributed by atoms with van der Waals surface area (Å²) in [5, 5.41) is 0. The van der Waals surface area contributed by atoms with E-state index in [1.807, 2.05) is 6.92 Å². The van der Waals surface area contributed by atoms with Gasteiger partial charge in [-0.2, -0.15) is 0 Å². The van der Waals surface area contributed by atoms with Crippen LogP contribution < -0.4 is 5.73 Å². The molecule has 0 rings (SSSR count). The summed E-state index contributed by atoms with van der Waals surface area (Å²) in [4.78, 5) is 0. The van der Waals surface area contributed by atoms with Crippen molar-refractivity contribution >= 4 is 0 Å². The fourth-order valence-corrected chi connectivity index (χ4v) is 0. The lowest BCUT2D eigenvalue weighted by molar-refractivity contribution is 0.755. The molecule has 2 N–H and O–H groups in total. The summed E-state index contributed by atoms with van der Waals surface area (Å²) in [7, 11) is 0. The van der Waals surface area contributed by atoms with Crippen LogP contribution in [-0.2, 0) is 0 Å². The van der Waals surface area contributed by atoms with E-state index in [2.05, 4.69) is 6.92 Å². The van der Waals surface area contributed by atoms with E-state index < -0.39 is 0 Å². The van der Waals surface area contributed by atoms with Gasteiger partial charge in [0, 0.05) is 6.04 Å². The van der Waals surface area contributed by atoms with Crippen LogP contribution in [0.25, 0.3) is 0 Å². The Morgan fingerprint density at radius 3 is 2.20 bits per heavy atom. The second kappa shape index (κ2) is 2.21. The maximum absolute atomic E-state index is 5.23. The topological polar surface area (TPSA) is 26.0 Å². The van der Waals surface area contributed by atoms with Gasteiger partial charge in [0.15, 0.2) is 0 Å². The Labute approximate surface area is 33.2 Å². The van der Waals surface area contributed by atoms with Gasteiger partial charge in [-0.1, -0.05) is 6.92 Å². The fourth-order valence-electron chi connectivity index (χ4n) is 0. The molecule has 1 nitrogen and oxygen atoms in total. The van der Waals surface area contributed by atoms with Crippen LogP contribution in [0.1, 0.15) is 13.3 Å². The molecule has 0 aliphatic heterocycles. The van der Waals surface area contributed by atoms with Crippen LogP contribution in [-0.4, -0.2) is 6.04 Å². The summed E-state index contributed by atoms with van der Waals surface area (Å²) in [6.07, 6.45) is 0.833. The van der Waals surface area contributed by atoms with Crippen LogP contribution in [0.5, 0.6) is 0 Å². The van der Waals surface area contributed by atoms with Crippen LogP contribution in [0, 0.1) is 6.92 Å². The van der Waals surface area contributed by atoms with Crippen LogP contribution >= 0.6 is 0 Å². The van der Waals surface area contributed by atoms with Crippen molar-refractivity contribution in [2.75, 3.05) is 0 Å². The minimum Gasteiger partial charge on any atom is -0.328 e. The molecule has 0 aliphatic carbocycles. The number of rotatable bonds is 1. The van der Waals surface area contributed by atoms with Gasteiger partial charge in [0.25, 0.3) is 0 Å². The van der Waals surface area contributed by atoms with Crippen molar-refractivity contribution < 1.29 is 0 Å². The van der Waals surface area contributed by atoms with Crippen molar-refractivity contribution in [3.63, 3.8) is 0 Å². The highest BCUT2D eigenvalue weighted by atomic mass is 14.6. The van der Waals surface area contributed by atoms with Crippen molar-refractivity contribution in [2.24, 2.45) is 5.73 Å². The number of hydrogen-bond donors (Lipinski definition) is 1. The van der Waals surface area contributed by atoms with Gasteiger partial charge in [0.2, 0.25) is 0 Å². The average Bonchev–Trinajstić information content (AvgIpc) is 1.38. The van der Waals surface area contributed by atoms with Crippen LogP contribution in [0.3, 0.4) is 0 Å². The molecule has 0 saturated carbocycles. The van der Waals surface area contributed by atoms with Gasteiger partial charge in [0.1, 0.15) is 0 Å². The SMILES string of the molecule is [CH2]CC(C)N. The quantitative estimate of drug-likeness (QED) is 0.481. The first kappa shape index (κ1) is 4.96. The molecule has 0 aromatic rings. The molecule has 0 spiro atoms. The Balaban J connectivity index is 2.54. The summed E-state index contributed by atoms with van der Waals surface area (Å²) >= 11 is 0. The van der Waals surface area contributed by atoms with Gasteiger partial charge in [-0.3, -0.25) is 0 Å². The van der Waals surface area contributed by atoms with E-state index >= 15 is 0 Å². The van der Waals surface area contributed by atoms with Crippen LogP contribution in [0.2, 0.25) is 0 Å². The van der Waals surface area contributed by atoms with E-state index in [0.29, 0.717) is 0 Å². The molecule has 0 bridgehead atoms. The predicted molar refractivity (Wildman–Crippen MR) is 23.6 cm³/mol. The van der Waals surface area contributed by atoms with Crippen molar-refractivity contribution in [1.82, 2.24) is 0 Å². The van der Waals surface area contributed by atoms with Crippen LogP contribution in [0.15, 0.2) is 0 Å². The van der Waals surface area contributed by atoms with Crippen LogP contribution in [0.4, 0.5) is 0 Å². The zero-order valence-corrected chi connectivity index (χ0v) is 3.57. The molecule has 0 fully saturated rings. The van der Waals surface area contributed by atoms with E-state index in [4.69, 9.17) is 5.73 Å². The molecule has 0 heterocycles. The molecular formula is C4H10N. The van der Waals surface area contributed by atoms with E-state index in [9.17, 15) is 0 Å². The lowest BCUT2D eigenvalue weighted by Gasteiger charge is -1.91. The van der Waals surface area contributed by atoms with Gasteiger partial charge >= 0.3 is 0 Å². The van der Waals surface area contributed by atoms with E-state index in [0.717, 1.165) is 6.42 Å². The third-order valence-electron chi connectivity index (χ3n) is 0.455. The smallest absolute Gasteiger partial charge is 0.00104 e. The zero-order valence-electron chi connectivity index (χ0n) is 3.57. The largest absolute Gasteiger partial charge is 0.328 e. The highest BCUT2D eigenvalue weighted by molar-refractivity contribution is 4.51. The Morgan fingerprint density at radius 1 is 2.00 bits per heavy atom. The standard InChI is InChI=1S/C4H10N/c1-3-4(2)5/h4H,1,3,5H2,2H3. The second-order valence-electron chi connectivity index (χ2n) is 1.27. The number of nitrogens with two attached hydrogens (primary N) is 1. The van der Waals surface area contributed by atoms with E-state index in [1.54, 1.807) is 0 Å². The second-order valence-corrected chi connectivity index (χ2v) is 1.27. The van der Waals surface area contributed by atoms with Gasteiger partial charge in [-0.25, -0.2) is 0 Å². The number of hydrogen-bond acceptors (Lipinski definition) is 1. The molecule has 0 amide bonds. The molecule has 5 heavy (non-hydrogen) atoms. The molecular weight excluding hydrogens is 62.1 g/mol. The van der Waals surface area contributed by atoms with Gasteiger partial charge < -0.3 is 5.73 Å². The van der Waals surface area contributed by atoms with Gasteiger partial charge in [0.05, 0.1) is 0 Å². The summed E-state index contributed by atoms with van der Waals surface area (Å²) < 4.78 is 0. The average molecular weight is 72.1 g/mol. The zero-order chi connectivity index (χ0) is 4.28. The summed E-state index contributed by atoms with van der Waals surface area (Å²) in [6.45, 7) is 5.50. The summed E-state index contributed by atoms with van der Waals surface area (Å²) in [6, 6.07) is 0.273. The first-order chi connectivity index (χ1) is 2.27. The maximum atomic E-state index is 5.23. The molecule has 1 radical (unpaired) electrons. The molecule has 0 aliphatic rings. The van der Waals surface area contributed by atoms with Gasteiger partial charge in [-0.15, -0.1) is 0 Å². The first-order valence-corrected chi connectivity index (χ1v) is 1.82. The van der Waals surface area contributed by atoms with Crippen molar-refractivity contribution in [1.29, 1.82) is 0 Å². The minimum absolute atomic E-state index is 0.273. The molecule has 31 valence electrons. The molecule has 0 saturated heterocycles. The molecule has 1 atom stereocenters. The fraction of sp³-hybridized carbons (Fsp3) is 0.750. The Kier molecular flexibility index (Phi) is 2.19. The Morgan fingerprint density at radius 2 is 2.20 bits per heavy atom. The van der Waals surface area contributed by atoms with Gasteiger partial charge in [-0.05, 0) is 13.3 Å². The molecule has 1 unspecified atom stereocenters. The maximum Gasteiger partial charge on any atom is 0.00104 e. The van der Waals surface area contributed by atoms with Crippen molar-refractivity contribution in [3.8, 4) is 0 Å². The molecule has 1 heteroatoms. The summed E-state index contributed by atoms with van der Waals surface area (Å²) in [5.41, 5.74) is 5.23. The Hall–Kier alpha value is -0.0400. The predicted octanol–water partition coefficient (Wildman–Crippen LogP) is 0.558. The highest BCUT2D eigenvalue weighted by Crippen LogP contribution is 1.76. The minimum atomic E-state index is 0.273. The van der Waals surface area contributed by atoms with Crippen molar-refractivity contribution in [2.45, 2.75) is 19.4 Å². The Bertz CT molecular complexity index is 17.6. The first-order valence-electron chi connectivity index (χ1n) is 1.82. The lowest BCUT2D eigenvalue weighted by atomic mass is 10.3. The molecule has 0 aromatic heterocycles. The highest BCUT2D eigenvalue weighted by Gasteiger charge is 1.79. The monoisotopic (exact) mass is 72.1 g/mol. The summed E-state index contributed by atoms with van der Waals surface area (Å²) in [5.74, 6) is 0. The molecule has 0 aromatic carbocycles. The van der Waals surface area contributed by atoms with E-state index in [-0.39, 0.29) is 6.04 Å². The third-order valence-corrected chi connectivity index (χ3v) is 0.455. The van der Waals surface area contributed by atoms with E-state index in [1.165, 1.54) is 0 Å². The third kappa shape index (κ3) is 3.96. The lowest BCUT2D eigenvalue weighted by Crippen LogP contribution is -2.11.